The fourth-order valence-corrected chi connectivity index (χ4v) is 3.69. The average molecular weight is 378 g/mol. The Morgan fingerprint density at radius 2 is 2.04 bits per heavy atom. The monoisotopic (exact) mass is 377 g/mol. The minimum atomic E-state index is -0.995. The lowest BCUT2D eigenvalue weighted by Gasteiger charge is -2.19. The van der Waals surface area contributed by atoms with Crippen LogP contribution in [0.4, 0.5) is 0 Å². The summed E-state index contributed by atoms with van der Waals surface area (Å²) in [5.74, 6) is -0.520. The number of ether oxygens (including phenoxy) is 1. The summed E-state index contributed by atoms with van der Waals surface area (Å²) in [5, 5.41) is 10.7. The Morgan fingerprint density at radius 3 is 2.74 bits per heavy atom. The Morgan fingerprint density at radius 1 is 1.30 bits per heavy atom. The maximum atomic E-state index is 12.9. The van der Waals surface area contributed by atoms with Crippen molar-refractivity contribution in [3.05, 3.63) is 39.9 Å². The number of carbonyl (C=O) groups is 2. The zero-order chi connectivity index (χ0) is 16.6. The molecular formula is C17H16BrNO4. The molecule has 1 N–H and O–H groups in total. The second kappa shape index (κ2) is 6.20. The van der Waals surface area contributed by atoms with Crippen LogP contribution in [-0.2, 0) is 11.2 Å². The zero-order valence-electron chi connectivity index (χ0n) is 12.6. The van der Waals surface area contributed by atoms with Gasteiger partial charge in [-0.2, -0.15) is 0 Å². The lowest BCUT2D eigenvalue weighted by molar-refractivity contribution is -0.137. The van der Waals surface area contributed by atoms with Gasteiger partial charge in [0.25, 0.3) is 5.91 Å². The summed E-state index contributed by atoms with van der Waals surface area (Å²) in [7, 11) is 1.59. The van der Waals surface area contributed by atoms with Gasteiger partial charge in [0, 0.05) is 11.9 Å². The molecule has 1 aliphatic rings. The molecule has 0 atom stereocenters. The van der Waals surface area contributed by atoms with Crippen LogP contribution in [0.3, 0.4) is 0 Å². The molecule has 2 aromatic rings. The van der Waals surface area contributed by atoms with Gasteiger partial charge in [0.15, 0.2) is 0 Å². The van der Waals surface area contributed by atoms with E-state index in [0.29, 0.717) is 17.9 Å². The van der Waals surface area contributed by atoms with Crippen LogP contribution in [0, 0.1) is 0 Å². The van der Waals surface area contributed by atoms with Crippen molar-refractivity contribution in [2.45, 2.75) is 12.8 Å². The molecule has 23 heavy (non-hydrogen) atoms. The third kappa shape index (κ3) is 2.79. The quantitative estimate of drug-likeness (QED) is 0.892. The van der Waals surface area contributed by atoms with Crippen LogP contribution in [-0.4, -0.2) is 42.1 Å². The smallest absolute Gasteiger partial charge is 0.323 e. The van der Waals surface area contributed by atoms with Crippen molar-refractivity contribution >= 4 is 38.6 Å². The summed E-state index contributed by atoms with van der Waals surface area (Å²) < 4.78 is 6.10. The molecule has 6 heteroatoms. The topological polar surface area (TPSA) is 66.8 Å². The third-order valence-electron chi connectivity index (χ3n) is 4.11. The van der Waals surface area contributed by atoms with Crippen molar-refractivity contribution in [2.75, 3.05) is 20.2 Å². The Bertz CT molecular complexity index is 803. The number of aryl methyl sites for hydroxylation is 1. The highest BCUT2D eigenvalue weighted by Crippen LogP contribution is 2.36. The summed E-state index contributed by atoms with van der Waals surface area (Å²) in [6.45, 7) is 0.185. The fourth-order valence-electron chi connectivity index (χ4n) is 3.05. The van der Waals surface area contributed by atoms with Crippen molar-refractivity contribution < 1.29 is 19.4 Å². The number of halogens is 1. The van der Waals surface area contributed by atoms with Crippen LogP contribution in [0.5, 0.6) is 5.75 Å². The van der Waals surface area contributed by atoms with Crippen molar-refractivity contribution in [1.82, 2.24) is 4.90 Å². The van der Waals surface area contributed by atoms with Crippen LogP contribution in [0.2, 0.25) is 0 Å². The van der Waals surface area contributed by atoms with Gasteiger partial charge in [0.2, 0.25) is 0 Å². The van der Waals surface area contributed by atoms with Gasteiger partial charge in [-0.25, -0.2) is 0 Å². The Balaban J connectivity index is 2.20. The molecule has 0 aliphatic carbocycles. The summed E-state index contributed by atoms with van der Waals surface area (Å²) in [6, 6.07) is 7.59. The number of carboxylic acids is 1. The van der Waals surface area contributed by atoms with Gasteiger partial charge in [-0.05, 0) is 51.9 Å². The van der Waals surface area contributed by atoms with Crippen LogP contribution < -0.4 is 4.74 Å². The molecule has 0 unspecified atom stereocenters. The van der Waals surface area contributed by atoms with Gasteiger partial charge in [0.1, 0.15) is 12.3 Å². The van der Waals surface area contributed by atoms with Gasteiger partial charge >= 0.3 is 5.97 Å². The number of methoxy groups -OCH3 is 1. The number of carbonyl (C=O) groups excluding carboxylic acids is 1. The van der Waals surface area contributed by atoms with Crippen molar-refractivity contribution in [3.63, 3.8) is 0 Å². The van der Waals surface area contributed by atoms with Gasteiger partial charge in [-0.1, -0.05) is 12.1 Å². The van der Waals surface area contributed by atoms with Crippen LogP contribution >= 0.6 is 15.9 Å². The number of hydrogen-bond acceptors (Lipinski definition) is 3. The van der Waals surface area contributed by atoms with Crippen molar-refractivity contribution in [2.24, 2.45) is 0 Å². The molecule has 2 aromatic carbocycles. The first-order valence-electron chi connectivity index (χ1n) is 7.32. The van der Waals surface area contributed by atoms with Crippen LogP contribution in [0.25, 0.3) is 10.8 Å². The van der Waals surface area contributed by atoms with Crippen molar-refractivity contribution in [3.8, 4) is 5.75 Å². The van der Waals surface area contributed by atoms with Crippen LogP contribution in [0.15, 0.2) is 28.7 Å². The number of carboxylic acid groups (broad SMARTS) is 1. The molecular weight excluding hydrogens is 362 g/mol. The van der Waals surface area contributed by atoms with E-state index in [-0.39, 0.29) is 12.5 Å². The van der Waals surface area contributed by atoms with E-state index in [9.17, 15) is 9.59 Å². The minimum Gasteiger partial charge on any atom is -0.496 e. The van der Waals surface area contributed by atoms with Crippen molar-refractivity contribution in [1.29, 1.82) is 0 Å². The number of fused-ring (bicyclic) bond motifs is 3. The van der Waals surface area contributed by atoms with E-state index in [0.717, 1.165) is 33.7 Å². The normalized spacial score (nSPS) is 14.5. The van der Waals surface area contributed by atoms with Gasteiger partial charge in [-0.15, -0.1) is 0 Å². The lowest BCUT2D eigenvalue weighted by atomic mass is 9.96. The number of hydrogen-bond donors (Lipinski definition) is 1. The largest absolute Gasteiger partial charge is 0.496 e. The highest BCUT2D eigenvalue weighted by Gasteiger charge is 2.26. The van der Waals surface area contributed by atoms with E-state index in [1.807, 2.05) is 24.3 Å². The minimum absolute atomic E-state index is 0.220. The summed E-state index contributed by atoms with van der Waals surface area (Å²) in [6.07, 6.45) is 1.52. The molecule has 0 saturated carbocycles. The van der Waals surface area contributed by atoms with E-state index >= 15 is 0 Å². The molecule has 3 rings (SSSR count). The molecule has 5 nitrogen and oxygen atoms in total. The third-order valence-corrected chi connectivity index (χ3v) is 4.93. The van der Waals surface area contributed by atoms with E-state index in [2.05, 4.69) is 15.9 Å². The highest BCUT2D eigenvalue weighted by atomic mass is 79.9. The second-order valence-electron chi connectivity index (χ2n) is 5.50. The van der Waals surface area contributed by atoms with E-state index in [1.54, 1.807) is 7.11 Å². The predicted molar refractivity (Wildman–Crippen MR) is 90.1 cm³/mol. The number of nitrogens with zero attached hydrogens (tertiary/aromatic N) is 1. The summed E-state index contributed by atoms with van der Waals surface area (Å²) in [4.78, 5) is 25.3. The van der Waals surface area contributed by atoms with Gasteiger partial charge in [-0.3, -0.25) is 9.59 Å². The SMILES string of the molecule is COc1ccc2c3c(ccc2c1Br)CCCN(CC(=O)O)C3=O. The first-order valence-corrected chi connectivity index (χ1v) is 8.11. The number of amides is 1. The molecule has 0 spiro atoms. The Labute approximate surface area is 142 Å². The zero-order valence-corrected chi connectivity index (χ0v) is 14.2. The first kappa shape index (κ1) is 15.8. The number of rotatable bonds is 3. The molecule has 1 aliphatic heterocycles. The van der Waals surface area contributed by atoms with E-state index < -0.39 is 5.97 Å². The second-order valence-corrected chi connectivity index (χ2v) is 6.29. The molecule has 0 fully saturated rings. The Kier molecular flexibility index (Phi) is 4.26. The number of benzene rings is 2. The van der Waals surface area contributed by atoms with Gasteiger partial charge < -0.3 is 14.7 Å². The summed E-state index contributed by atoms with van der Waals surface area (Å²) >= 11 is 3.52. The maximum absolute atomic E-state index is 12.9. The lowest BCUT2D eigenvalue weighted by Crippen LogP contribution is -2.35. The molecule has 120 valence electrons. The van der Waals surface area contributed by atoms with E-state index in [4.69, 9.17) is 9.84 Å². The maximum Gasteiger partial charge on any atom is 0.323 e. The van der Waals surface area contributed by atoms with E-state index in [1.165, 1.54) is 4.90 Å². The fraction of sp³-hybridized carbons (Fsp3) is 0.294. The molecule has 0 radical (unpaired) electrons. The first-order chi connectivity index (χ1) is 11.0. The highest BCUT2D eigenvalue weighted by molar-refractivity contribution is 9.10. The summed E-state index contributed by atoms with van der Waals surface area (Å²) in [5.41, 5.74) is 1.57. The standard InChI is InChI=1S/C17H16BrNO4/c1-23-13-7-6-11-12(16(13)18)5-4-10-3-2-8-19(9-14(20)21)17(22)15(10)11/h4-7H,2-3,8-9H2,1H3,(H,20,21). The van der Waals surface area contributed by atoms with Gasteiger partial charge in [0.05, 0.1) is 17.1 Å². The molecule has 1 heterocycles. The predicted octanol–water partition coefficient (Wildman–Crippen LogP) is 3.08. The molecule has 0 saturated heterocycles. The molecule has 0 bridgehead atoms. The van der Waals surface area contributed by atoms with Crippen LogP contribution in [0.1, 0.15) is 22.3 Å². The average Bonchev–Trinajstić information content (AvgIpc) is 2.67. The Hall–Kier alpha value is -2.08. The number of aliphatic carboxylic acids is 1. The molecule has 0 aromatic heterocycles. The molecule has 1 amide bonds.